The Morgan fingerprint density at radius 2 is 2.05 bits per heavy atom. The van der Waals surface area contributed by atoms with E-state index in [0.29, 0.717) is 18.7 Å². The third-order valence-corrected chi connectivity index (χ3v) is 3.22. The number of hydrogen-bond acceptors (Lipinski definition) is 3. The Bertz CT molecular complexity index is 657. The summed E-state index contributed by atoms with van der Waals surface area (Å²) in [7, 11) is 0. The molecule has 0 bridgehead atoms. The zero-order valence-corrected chi connectivity index (χ0v) is 11.5. The van der Waals surface area contributed by atoms with Gasteiger partial charge in [0.1, 0.15) is 5.58 Å². The Labute approximate surface area is 116 Å². The van der Waals surface area contributed by atoms with Crippen molar-refractivity contribution >= 4 is 22.8 Å². The average Bonchev–Trinajstić information content (AvgIpc) is 2.74. The van der Waals surface area contributed by atoms with Crippen molar-refractivity contribution in [3.8, 4) is 0 Å². The number of para-hydroxylation sites is 1. The number of hydrogen-bond donors (Lipinski definition) is 2. The first-order chi connectivity index (χ1) is 9.50. The standard InChI is InChI=1S/C15H17NO4/c1-9-5-3-6-11-10(2)14(20-13(9)11)15(19)16-8-4-7-12(17)18/h3,5-6H,4,7-8H2,1-2H3,(H,16,19)(H,17,18). The number of carboxylic acid groups (broad SMARTS) is 1. The average molecular weight is 275 g/mol. The number of nitrogens with one attached hydrogen (secondary N) is 1. The summed E-state index contributed by atoms with van der Waals surface area (Å²) in [5, 5.41) is 12.1. The topological polar surface area (TPSA) is 79.5 Å². The van der Waals surface area contributed by atoms with Crippen molar-refractivity contribution in [2.75, 3.05) is 6.54 Å². The van der Waals surface area contributed by atoms with E-state index in [1.807, 2.05) is 32.0 Å². The molecule has 0 saturated heterocycles. The zero-order chi connectivity index (χ0) is 14.7. The lowest BCUT2D eigenvalue weighted by atomic mass is 10.1. The second-order valence-corrected chi connectivity index (χ2v) is 4.76. The predicted octanol–water partition coefficient (Wildman–Crippen LogP) is 2.64. The molecule has 5 nitrogen and oxygen atoms in total. The van der Waals surface area contributed by atoms with Crippen LogP contribution >= 0.6 is 0 Å². The molecule has 0 aliphatic rings. The van der Waals surface area contributed by atoms with Crippen molar-refractivity contribution in [1.29, 1.82) is 0 Å². The molecule has 5 heteroatoms. The molecule has 1 heterocycles. The highest BCUT2D eigenvalue weighted by Crippen LogP contribution is 2.27. The van der Waals surface area contributed by atoms with Crippen LogP contribution in [0.5, 0.6) is 0 Å². The van der Waals surface area contributed by atoms with Crippen LogP contribution in [0.2, 0.25) is 0 Å². The number of carbonyl (C=O) groups is 2. The second-order valence-electron chi connectivity index (χ2n) is 4.76. The van der Waals surface area contributed by atoms with E-state index in [1.54, 1.807) is 0 Å². The van der Waals surface area contributed by atoms with Gasteiger partial charge in [0.15, 0.2) is 5.76 Å². The molecule has 0 fully saturated rings. The largest absolute Gasteiger partial charge is 0.481 e. The van der Waals surface area contributed by atoms with E-state index in [2.05, 4.69) is 5.32 Å². The fourth-order valence-corrected chi connectivity index (χ4v) is 2.12. The lowest BCUT2D eigenvalue weighted by Crippen LogP contribution is -2.25. The van der Waals surface area contributed by atoms with E-state index >= 15 is 0 Å². The van der Waals surface area contributed by atoms with Crippen LogP contribution in [-0.4, -0.2) is 23.5 Å². The van der Waals surface area contributed by atoms with Gasteiger partial charge in [-0.15, -0.1) is 0 Å². The number of aryl methyl sites for hydroxylation is 2. The molecule has 0 aliphatic carbocycles. The van der Waals surface area contributed by atoms with Crippen molar-refractivity contribution in [2.24, 2.45) is 0 Å². The lowest BCUT2D eigenvalue weighted by molar-refractivity contribution is -0.137. The molecule has 2 rings (SSSR count). The molecular formula is C15H17NO4. The smallest absolute Gasteiger partial charge is 0.303 e. The predicted molar refractivity (Wildman–Crippen MR) is 74.9 cm³/mol. The maximum Gasteiger partial charge on any atom is 0.303 e. The monoisotopic (exact) mass is 275 g/mol. The van der Waals surface area contributed by atoms with Crippen molar-refractivity contribution < 1.29 is 19.1 Å². The van der Waals surface area contributed by atoms with Crippen molar-refractivity contribution in [2.45, 2.75) is 26.7 Å². The highest BCUT2D eigenvalue weighted by Gasteiger charge is 2.17. The third-order valence-electron chi connectivity index (χ3n) is 3.22. The van der Waals surface area contributed by atoms with Gasteiger partial charge in [-0.3, -0.25) is 9.59 Å². The van der Waals surface area contributed by atoms with E-state index in [-0.39, 0.29) is 12.3 Å². The van der Waals surface area contributed by atoms with Crippen LogP contribution in [0.4, 0.5) is 0 Å². The molecule has 0 radical (unpaired) electrons. The minimum absolute atomic E-state index is 0.0402. The maximum absolute atomic E-state index is 12.0. The van der Waals surface area contributed by atoms with Crippen molar-refractivity contribution in [3.05, 3.63) is 35.1 Å². The van der Waals surface area contributed by atoms with E-state index in [0.717, 1.165) is 22.1 Å². The summed E-state index contributed by atoms with van der Waals surface area (Å²) in [6, 6.07) is 5.77. The lowest BCUT2D eigenvalue weighted by Gasteiger charge is -2.02. The molecule has 106 valence electrons. The Kier molecular flexibility index (Phi) is 4.08. The molecule has 0 spiro atoms. The van der Waals surface area contributed by atoms with Gasteiger partial charge in [0.2, 0.25) is 0 Å². The molecule has 0 unspecified atom stereocenters. The first-order valence-corrected chi connectivity index (χ1v) is 6.49. The summed E-state index contributed by atoms with van der Waals surface area (Å²) in [4.78, 5) is 22.4. The first-order valence-electron chi connectivity index (χ1n) is 6.49. The molecule has 0 aliphatic heterocycles. The van der Waals surface area contributed by atoms with Crippen molar-refractivity contribution in [3.63, 3.8) is 0 Å². The van der Waals surface area contributed by atoms with E-state index in [4.69, 9.17) is 9.52 Å². The SMILES string of the molecule is Cc1c(C(=O)NCCCC(=O)O)oc2c(C)cccc12. The summed E-state index contributed by atoms with van der Waals surface area (Å²) in [5.74, 6) is -0.872. The molecule has 20 heavy (non-hydrogen) atoms. The van der Waals surface area contributed by atoms with Gasteiger partial charge in [-0.25, -0.2) is 0 Å². The van der Waals surface area contributed by atoms with Crippen LogP contribution < -0.4 is 5.32 Å². The maximum atomic E-state index is 12.0. The zero-order valence-electron chi connectivity index (χ0n) is 11.5. The van der Waals surface area contributed by atoms with Gasteiger partial charge >= 0.3 is 5.97 Å². The molecule has 1 aromatic heterocycles. The Morgan fingerprint density at radius 1 is 1.30 bits per heavy atom. The molecule has 2 aromatic rings. The number of carbonyl (C=O) groups excluding carboxylic acids is 1. The summed E-state index contributed by atoms with van der Waals surface area (Å²) >= 11 is 0. The Hall–Kier alpha value is -2.30. The van der Waals surface area contributed by atoms with E-state index in [1.165, 1.54) is 0 Å². The van der Waals surface area contributed by atoms with Gasteiger partial charge in [-0.2, -0.15) is 0 Å². The van der Waals surface area contributed by atoms with Crippen LogP contribution in [0.15, 0.2) is 22.6 Å². The Balaban J connectivity index is 2.12. The fourth-order valence-electron chi connectivity index (χ4n) is 2.12. The molecule has 2 N–H and O–H groups in total. The van der Waals surface area contributed by atoms with Crippen LogP contribution in [0.1, 0.15) is 34.5 Å². The number of fused-ring (bicyclic) bond motifs is 1. The summed E-state index contributed by atoms with van der Waals surface area (Å²) in [5.41, 5.74) is 2.51. The number of benzene rings is 1. The summed E-state index contributed by atoms with van der Waals surface area (Å²) < 4.78 is 5.64. The van der Waals surface area contributed by atoms with Gasteiger partial charge in [0.25, 0.3) is 5.91 Å². The van der Waals surface area contributed by atoms with Gasteiger partial charge in [-0.1, -0.05) is 18.2 Å². The molecule has 1 aromatic carbocycles. The number of aliphatic carboxylic acids is 1. The summed E-state index contributed by atoms with van der Waals surface area (Å²) in [6.45, 7) is 4.10. The molecular weight excluding hydrogens is 258 g/mol. The number of rotatable bonds is 5. The van der Waals surface area contributed by atoms with Gasteiger partial charge in [0, 0.05) is 23.9 Å². The second kappa shape index (κ2) is 5.77. The van der Waals surface area contributed by atoms with Crippen molar-refractivity contribution in [1.82, 2.24) is 5.32 Å². The third kappa shape index (κ3) is 2.82. The minimum Gasteiger partial charge on any atom is -0.481 e. The molecule has 1 amide bonds. The van der Waals surface area contributed by atoms with Gasteiger partial charge < -0.3 is 14.8 Å². The van der Waals surface area contributed by atoms with E-state index < -0.39 is 5.97 Å². The number of furan rings is 1. The van der Waals surface area contributed by atoms with Gasteiger partial charge in [-0.05, 0) is 25.8 Å². The highest BCUT2D eigenvalue weighted by atomic mass is 16.4. The van der Waals surface area contributed by atoms with Crippen LogP contribution in [0.3, 0.4) is 0 Å². The molecule has 0 saturated carbocycles. The normalized spacial score (nSPS) is 10.7. The summed E-state index contributed by atoms with van der Waals surface area (Å²) in [6.07, 6.45) is 0.442. The van der Waals surface area contributed by atoms with Crippen LogP contribution in [0.25, 0.3) is 11.0 Å². The highest BCUT2D eigenvalue weighted by molar-refractivity contribution is 5.99. The van der Waals surface area contributed by atoms with E-state index in [9.17, 15) is 9.59 Å². The minimum atomic E-state index is -0.866. The van der Waals surface area contributed by atoms with Crippen LogP contribution in [0, 0.1) is 13.8 Å². The molecule has 0 atom stereocenters. The van der Waals surface area contributed by atoms with Crippen LogP contribution in [-0.2, 0) is 4.79 Å². The number of amides is 1. The first kappa shape index (κ1) is 14.1. The van der Waals surface area contributed by atoms with Gasteiger partial charge in [0.05, 0.1) is 0 Å². The number of carboxylic acids is 1. The fraction of sp³-hybridized carbons (Fsp3) is 0.333. The Morgan fingerprint density at radius 3 is 2.70 bits per heavy atom. The quantitative estimate of drug-likeness (QED) is 0.822.